The summed E-state index contributed by atoms with van der Waals surface area (Å²) in [4.78, 5) is 11.4. The summed E-state index contributed by atoms with van der Waals surface area (Å²) in [5, 5.41) is 12.3. The van der Waals surface area contributed by atoms with Gasteiger partial charge in [0.15, 0.2) is 0 Å². The van der Waals surface area contributed by atoms with Crippen LogP contribution in [0.25, 0.3) is 0 Å². The van der Waals surface area contributed by atoms with Gasteiger partial charge in [0.25, 0.3) is 5.91 Å². The van der Waals surface area contributed by atoms with E-state index in [9.17, 15) is 4.79 Å². The molecule has 0 bridgehead atoms. The molecule has 2 aromatic rings. The number of hydrogen-bond acceptors (Lipinski definition) is 3. The zero-order valence-electron chi connectivity index (χ0n) is 10.6. The zero-order valence-corrected chi connectivity index (χ0v) is 11.3. The lowest BCUT2D eigenvalue weighted by atomic mass is 10.1. The maximum atomic E-state index is 11.4. The average molecular weight is 286 g/mol. The minimum Gasteiger partial charge on any atom is -0.380 e. The third kappa shape index (κ3) is 3.28. The number of primary amides is 1. The van der Waals surface area contributed by atoms with E-state index in [4.69, 9.17) is 22.6 Å². The standard InChI is InChI=1S/C15H12ClN3O/c16-12-5-6-14(13(7-12)15(18)20)19-9-11-3-1-10(8-17)2-4-11/h1-7,19H,9H2,(H2,18,20). The lowest BCUT2D eigenvalue weighted by molar-refractivity contribution is 0.100. The number of nitrogens with one attached hydrogen (secondary N) is 1. The number of halogens is 1. The summed E-state index contributed by atoms with van der Waals surface area (Å²) in [6.07, 6.45) is 0. The Labute approximate surface area is 121 Å². The molecule has 0 radical (unpaired) electrons. The van der Waals surface area contributed by atoms with Crippen LogP contribution in [0.2, 0.25) is 5.02 Å². The van der Waals surface area contributed by atoms with E-state index in [0.717, 1.165) is 5.56 Å². The summed E-state index contributed by atoms with van der Waals surface area (Å²) >= 11 is 5.85. The molecule has 0 spiro atoms. The molecular formula is C15H12ClN3O. The first-order chi connectivity index (χ1) is 9.60. The topological polar surface area (TPSA) is 78.9 Å². The molecule has 0 saturated carbocycles. The molecule has 4 nitrogen and oxygen atoms in total. The maximum Gasteiger partial charge on any atom is 0.250 e. The van der Waals surface area contributed by atoms with Gasteiger partial charge in [0.2, 0.25) is 0 Å². The van der Waals surface area contributed by atoms with Crippen LogP contribution in [0.3, 0.4) is 0 Å². The van der Waals surface area contributed by atoms with Crippen LogP contribution in [0.15, 0.2) is 42.5 Å². The van der Waals surface area contributed by atoms with Crippen molar-refractivity contribution in [1.82, 2.24) is 0 Å². The SMILES string of the molecule is N#Cc1ccc(CNc2ccc(Cl)cc2C(N)=O)cc1. The summed E-state index contributed by atoms with van der Waals surface area (Å²) in [5.74, 6) is -0.533. The van der Waals surface area contributed by atoms with E-state index in [0.29, 0.717) is 28.4 Å². The van der Waals surface area contributed by atoms with Crippen LogP contribution in [0.1, 0.15) is 21.5 Å². The summed E-state index contributed by atoms with van der Waals surface area (Å²) < 4.78 is 0. The molecule has 100 valence electrons. The highest BCUT2D eigenvalue weighted by Gasteiger charge is 2.08. The molecular weight excluding hydrogens is 274 g/mol. The fourth-order valence-electron chi connectivity index (χ4n) is 1.77. The van der Waals surface area contributed by atoms with Crippen molar-refractivity contribution in [2.24, 2.45) is 5.73 Å². The van der Waals surface area contributed by atoms with E-state index in [-0.39, 0.29) is 0 Å². The van der Waals surface area contributed by atoms with Gasteiger partial charge in [-0.25, -0.2) is 0 Å². The Bertz CT molecular complexity index is 675. The minimum atomic E-state index is -0.533. The smallest absolute Gasteiger partial charge is 0.250 e. The van der Waals surface area contributed by atoms with Crippen molar-refractivity contribution in [2.45, 2.75) is 6.54 Å². The Morgan fingerprint density at radius 2 is 1.95 bits per heavy atom. The van der Waals surface area contributed by atoms with E-state index in [1.54, 1.807) is 24.3 Å². The molecule has 0 aliphatic rings. The number of nitrogens with two attached hydrogens (primary N) is 1. The van der Waals surface area contributed by atoms with Crippen molar-refractivity contribution in [3.8, 4) is 6.07 Å². The summed E-state index contributed by atoms with van der Waals surface area (Å²) in [6.45, 7) is 0.521. The van der Waals surface area contributed by atoms with Gasteiger partial charge in [0.05, 0.1) is 17.2 Å². The molecule has 0 atom stereocenters. The second-order valence-electron chi connectivity index (χ2n) is 4.22. The van der Waals surface area contributed by atoms with Crippen LogP contribution in [0.4, 0.5) is 5.69 Å². The molecule has 2 aromatic carbocycles. The Kier molecular flexibility index (Phi) is 4.24. The molecule has 0 saturated heterocycles. The van der Waals surface area contributed by atoms with E-state index < -0.39 is 5.91 Å². The van der Waals surface area contributed by atoms with Gasteiger partial charge in [0, 0.05) is 17.3 Å². The minimum absolute atomic E-state index is 0.353. The van der Waals surface area contributed by atoms with Gasteiger partial charge in [0.1, 0.15) is 0 Å². The van der Waals surface area contributed by atoms with Crippen LogP contribution in [-0.4, -0.2) is 5.91 Å². The number of amides is 1. The molecule has 5 heteroatoms. The monoisotopic (exact) mass is 285 g/mol. The molecule has 2 rings (SSSR count). The van der Waals surface area contributed by atoms with Gasteiger partial charge in [-0.1, -0.05) is 23.7 Å². The van der Waals surface area contributed by atoms with Gasteiger partial charge in [-0.15, -0.1) is 0 Å². The number of hydrogen-bond donors (Lipinski definition) is 2. The van der Waals surface area contributed by atoms with Crippen LogP contribution in [0, 0.1) is 11.3 Å². The highest BCUT2D eigenvalue weighted by atomic mass is 35.5. The van der Waals surface area contributed by atoms with Crippen molar-refractivity contribution in [1.29, 1.82) is 5.26 Å². The normalized spacial score (nSPS) is 9.80. The number of anilines is 1. The van der Waals surface area contributed by atoms with E-state index in [2.05, 4.69) is 11.4 Å². The van der Waals surface area contributed by atoms with Crippen molar-refractivity contribution in [3.63, 3.8) is 0 Å². The van der Waals surface area contributed by atoms with E-state index in [1.807, 2.05) is 12.1 Å². The van der Waals surface area contributed by atoms with Crippen LogP contribution in [0.5, 0.6) is 0 Å². The Hall–Kier alpha value is -2.51. The number of carbonyl (C=O) groups excluding carboxylic acids is 1. The molecule has 0 fully saturated rings. The molecule has 0 aromatic heterocycles. The third-order valence-electron chi connectivity index (χ3n) is 2.81. The molecule has 3 N–H and O–H groups in total. The lowest BCUT2D eigenvalue weighted by Crippen LogP contribution is -2.14. The summed E-state index contributed by atoms with van der Waals surface area (Å²) in [7, 11) is 0. The molecule has 0 heterocycles. The third-order valence-corrected chi connectivity index (χ3v) is 3.05. The number of nitrogens with zero attached hydrogens (tertiary/aromatic N) is 1. The second-order valence-corrected chi connectivity index (χ2v) is 4.65. The van der Waals surface area contributed by atoms with Crippen molar-refractivity contribution >= 4 is 23.2 Å². The van der Waals surface area contributed by atoms with Crippen molar-refractivity contribution in [3.05, 3.63) is 64.2 Å². The van der Waals surface area contributed by atoms with Gasteiger partial charge >= 0.3 is 0 Å². The zero-order chi connectivity index (χ0) is 14.5. The average Bonchev–Trinajstić information content (AvgIpc) is 2.46. The van der Waals surface area contributed by atoms with Gasteiger partial charge in [-0.3, -0.25) is 4.79 Å². The maximum absolute atomic E-state index is 11.4. The van der Waals surface area contributed by atoms with Crippen LogP contribution < -0.4 is 11.1 Å². The summed E-state index contributed by atoms with van der Waals surface area (Å²) in [5.41, 5.74) is 7.90. The fraction of sp³-hybridized carbons (Fsp3) is 0.0667. The number of rotatable bonds is 4. The first kappa shape index (κ1) is 13.9. The first-order valence-electron chi connectivity index (χ1n) is 5.92. The Morgan fingerprint density at radius 1 is 1.25 bits per heavy atom. The van der Waals surface area contributed by atoms with Crippen LogP contribution in [-0.2, 0) is 6.54 Å². The number of benzene rings is 2. The Balaban J connectivity index is 2.14. The summed E-state index contributed by atoms with van der Waals surface area (Å²) in [6, 6.07) is 14.2. The largest absolute Gasteiger partial charge is 0.380 e. The highest BCUT2D eigenvalue weighted by molar-refractivity contribution is 6.31. The van der Waals surface area contributed by atoms with Crippen molar-refractivity contribution in [2.75, 3.05) is 5.32 Å². The predicted molar refractivity (Wildman–Crippen MR) is 78.5 cm³/mol. The molecule has 1 amide bonds. The quantitative estimate of drug-likeness (QED) is 0.906. The molecule has 0 aliphatic heterocycles. The van der Waals surface area contributed by atoms with Gasteiger partial charge in [-0.2, -0.15) is 5.26 Å². The van der Waals surface area contributed by atoms with E-state index in [1.165, 1.54) is 6.07 Å². The molecule has 0 unspecified atom stereocenters. The van der Waals surface area contributed by atoms with Crippen molar-refractivity contribution < 1.29 is 4.79 Å². The molecule has 0 aliphatic carbocycles. The number of carbonyl (C=O) groups is 1. The first-order valence-corrected chi connectivity index (χ1v) is 6.30. The highest BCUT2D eigenvalue weighted by Crippen LogP contribution is 2.21. The van der Waals surface area contributed by atoms with E-state index >= 15 is 0 Å². The predicted octanol–water partition coefficient (Wildman–Crippen LogP) is 2.92. The second kappa shape index (κ2) is 6.09. The molecule has 20 heavy (non-hydrogen) atoms. The van der Waals surface area contributed by atoms with Gasteiger partial charge in [-0.05, 0) is 35.9 Å². The number of nitriles is 1. The fourth-order valence-corrected chi connectivity index (χ4v) is 1.94. The van der Waals surface area contributed by atoms with Gasteiger partial charge < -0.3 is 11.1 Å². The van der Waals surface area contributed by atoms with Crippen LogP contribution >= 0.6 is 11.6 Å². The Morgan fingerprint density at radius 3 is 2.55 bits per heavy atom. The lowest BCUT2D eigenvalue weighted by Gasteiger charge is -2.10.